The number of pyridine rings is 1. The van der Waals surface area contributed by atoms with Crippen molar-refractivity contribution in [2.45, 2.75) is 19.4 Å². The van der Waals surface area contributed by atoms with Gasteiger partial charge in [-0.25, -0.2) is 0 Å². The number of nitrogens with zero attached hydrogens (tertiary/aromatic N) is 3. The smallest absolute Gasteiger partial charge is 0.292 e. The molecule has 3 aromatic rings. The van der Waals surface area contributed by atoms with Crippen molar-refractivity contribution in [3.05, 3.63) is 70.8 Å². The second-order valence-electron chi connectivity index (χ2n) is 6.63. The number of aryl methyl sites for hydroxylation is 1. The van der Waals surface area contributed by atoms with Crippen molar-refractivity contribution >= 4 is 17.5 Å². The maximum absolute atomic E-state index is 12.7. The van der Waals surface area contributed by atoms with Crippen molar-refractivity contribution in [2.24, 2.45) is 0 Å². The summed E-state index contributed by atoms with van der Waals surface area (Å²) in [4.78, 5) is 19.0. The molecule has 6 nitrogen and oxygen atoms in total. The molecule has 1 saturated heterocycles. The van der Waals surface area contributed by atoms with Crippen molar-refractivity contribution in [1.82, 2.24) is 15.0 Å². The van der Waals surface area contributed by atoms with Crippen molar-refractivity contribution in [2.75, 3.05) is 19.7 Å². The SMILES string of the molecule is CCc1cc(C(=O)N2CCOC(c3ccc(-c4cccc(Cl)c4)cn3)C2)on1. The van der Waals surface area contributed by atoms with Gasteiger partial charge in [-0.05, 0) is 30.2 Å². The van der Waals surface area contributed by atoms with Crippen molar-refractivity contribution in [1.29, 1.82) is 0 Å². The van der Waals surface area contributed by atoms with Gasteiger partial charge in [0.05, 0.1) is 24.5 Å². The van der Waals surface area contributed by atoms with E-state index in [1.54, 1.807) is 17.2 Å². The number of benzene rings is 1. The number of carbonyl (C=O) groups is 1. The van der Waals surface area contributed by atoms with E-state index in [-0.39, 0.29) is 17.8 Å². The lowest BCUT2D eigenvalue weighted by Crippen LogP contribution is -2.42. The van der Waals surface area contributed by atoms with Crippen LogP contribution in [0.4, 0.5) is 0 Å². The summed E-state index contributed by atoms with van der Waals surface area (Å²) in [5.41, 5.74) is 3.54. The highest BCUT2D eigenvalue weighted by Gasteiger charge is 2.29. The van der Waals surface area contributed by atoms with Crippen LogP contribution in [0.25, 0.3) is 11.1 Å². The van der Waals surface area contributed by atoms with Gasteiger partial charge in [-0.1, -0.05) is 41.9 Å². The van der Waals surface area contributed by atoms with Gasteiger partial charge in [0.2, 0.25) is 5.76 Å². The number of hydrogen-bond acceptors (Lipinski definition) is 5. The number of halogens is 1. The molecule has 1 aliphatic rings. The van der Waals surface area contributed by atoms with Gasteiger partial charge in [0.15, 0.2) is 0 Å². The maximum atomic E-state index is 12.7. The van der Waals surface area contributed by atoms with Crippen molar-refractivity contribution in [3.63, 3.8) is 0 Å². The van der Waals surface area contributed by atoms with E-state index in [1.807, 2.05) is 43.3 Å². The summed E-state index contributed by atoms with van der Waals surface area (Å²) in [6, 6.07) is 13.3. The van der Waals surface area contributed by atoms with Gasteiger partial charge in [-0.3, -0.25) is 9.78 Å². The fourth-order valence-electron chi connectivity index (χ4n) is 3.18. The van der Waals surface area contributed by atoms with E-state index in [0.29, 0.717) is 24.7 Å². The van der Waals surface area contributed by atoms with E-state index in [1.165, 1.54) is 0 Å². The van der Waals surface area contributed by atoms with Crippen LogP contribution in [0.3, 0.4) is 0 Å². The Kier molecular flexibility index (Phi) is 5.41. The molecule has 1 amide bonds. The Labute approximate surface area is 168 Å². The number of hydrogen-bond donors (Lipinski definition) is 0. The normalized spacial score (nSPS) is 16.9. The summed E-state index contributed by atoms with van der Waals surface area (Å²) in [5.74, 6) is 0.0952. The van der Waals surface area contributed by atoms with Gasteiger partial charge >= 0.3 is 0 Å². The molecular weight excluding hydrogens is 378 g/mol. The molecule has 0 spiro atoms. The molecule has 1 aromatic carbocycles. The third-order valence-corrected chi connectivity index (χ3v) is 4.99. The predicted octanol–water partition coefficient (Wildman–Crippen LogP) is 4.17. The summed E-state index contributed by atoms with van der Waals surface area (Å²) < 4.78 is 11.0. The molecule has 0 radical (unpaired) electrons. The molecule has 1 unspecified atom stereocenters. The second kappa shape index (κ2) is 8.12. The summed E-state index contributed by atoms with van der Waals surface area (Å²) in [6.07, 6.45) is 2.25. The third-order valence-electron chi connectivity index (χ3n) is 4.76. The lowest BCUT2D eigenvalue weighted by Gasteiger charge is -2.32. The third kappa shape index (κ3) is 3.93. The molecule has 3 heterocycles. The highest BCUT2D eigenvalue weighted by molar-refractivity contribution is 6.30. The van der Waals surface area contributed by atoms with Crippen LogP contribution in [0.5, 0.6) is 0 Å². The molecule has 0 bridgehead atoms. The van der Waals surface area contributed by atoms with Crippen LogP contribution in [-0.2, 0) is 11.2 Å². The molecule has 0 N–H and O–H groups in total. The van der Waals surface area contributed by atoms with E-state index in [0.717, 1.165) is 28.9 Å². The Morgan fingerprint density at radius 2 is 2.14 bits per heavy atom. The first kappa shape index (κ1) is 18.7. The monoisotopic (exact) mass is 397 g/mol. The van der Waals surface area contributed by atoms with E-state index in [2.05, 4.69) is 10.1 Å². The number of carbonyl (C=O) groups excluding carboxylic acids is 1. The van der Waals surface area contributed by atoms with E-state index in [9.17, 15) is 4.79 Å². The van der Waals surface area contributed by atoms with E-state index >= 15 is 0 Å². The van der Waals surface area contributed by atoms with Gasteiger partial charge in [-0.15, -0.1) is 0 Å². The van der Waals surface area contributed by atoms with E-state index < -0.39 is 0 Å². The predicted molar refractivity (Wildman–Crippen MR) is 105 cm³/mol. The second-order valence-corrected chi connectivity index (χ2v) is 7.07. The zero-order valence-corrected chi connectivity index (χ0v) is 16.2. The van der Waals surface area contributed by atoms with Crippen LogP contribution in [0.15, 0.2) is 53.2 Å². The number of amides is 1. The summed E-state index contributed by atoms with van der Waals surface area (Å²) in [6.45, 7) is 3.35. The number of aromatic nitrogens is 2. The Hall–Kier alpha value is -2.70. The lowest BCUT2D eigenvalue weighted by atomic mass is 10.1. The standard InChI is InChI=1S/C21H20ClN3O3/c1-2-17-11-19(28-24-17)21(26)25-8-9-27-20(13-25)18-7-6-15(12-23-18)14-4-3-5-16(22)10-14/h3-7,10-12,20H,2,8-9,13H2,1H3. The Morgan fingerprint density at radius 1 is 1.25 bits per heavy atom. The van der Waals surface area contributed by atoms with Crippen molar-refractivity contribution in [3.8, 4) is 11.1 Å². The zero-order valence-electron chi connectivity index (χ0n) is 15.5. The van der Waals surface area contributed by atoms with Crippen LogP contribution in [-0.4, -0.2) is 40.6 Å². The molecule has 0 saturated carbocycles. The van der Waals surface area contributed by atoms with Crippen LogP contribution in [0, 0.1) is 0 Å². The van der Waals surface area contributed by atoms with Gasteiger partial charge in [0.25, 0.3) is 5.91 Å². The highest BCUT2D eigenvalue weighted by atomic mass is 35.5. The Morgan fingerprint density at radius 3 is 2.86 bits per heavy atom. The Balaban J connectivity index is 1.47. The van der Waals surface area contributed by atoms with Gasteiger partial charge in [0.1, 0.15) is 6.10 Å². The molecule has 2 aromatic heterocycles. The van der Waals surface area contributed by atoms with Gasteiger partial charge in [-0.2, -0.15) is 0 Å². The average molecular weight is 398 g/mol. The molecular formula is C21H20ClN3O3. The number of rotatable bonds is 4. The maximum Gasteiger partial charge on any atom is 0.292 e. The highest BCUT2D eigenvalue weighted by Crippen LogP contribution is 2.26. The molecule has 0 aliphatic carbocycles. The van der Waals surface area contributed by atoms with Crippen LogP contribution < -0.4 is 0 Å². The van der Waals surface area contributed by atoms with Gasteiger partial charge < -0.3 is 14.2 Å². The van der Waals surface area contributed by atoms with Crippen LogP contribution in [0.2, 0.25) is 5.02 Å². The molecule has 4 rings (SSSR count). The molecule has 1 aliphatic heterocycles. The first-order valence-electron chi connectivity index (χ1n) is 9.22. The summed E-state index contributed by atoms with van der Waals surface area (Å²) >= 11 is 6.06. The minimum Gasteiger partial charge on any atom is -0.368 e. The van der Waals surface area contributed by atoms with Crippen LogP contribution >= 0.6 is 11.6 Å². The summed E-state index contributed by atoms with van der Waals surface area (Å²) in [5, 5.41) is 4.58. The van der Waals surface area contributed by atoms with Crippen LogP contribution in [0.1, 0.15) is 35.0 Å². The minimum atomic E-state index is -0.278. The van der Waals surface area contributed by atoms with Gasteiger partial charge in [0, 0.05) is 29.4 Å². The molecule has 1 fully saturated rings. The Bertz CT molecular complexity index is 971. The molecule has 144 valence electrons. The quantitative estimate of drug-likeness (QED) is 0.661. The van der Waals surface area contributed by atoms with E-state index in [4.69, 9.17) is 20.9 Å². The fraction of sp³-hybridized carbons (Fsp3) is 0.286. The largest absolute Gasteiger partial charge is 0.368 e. The van der Waals surface area contributed by atoms with Crippen molar-refractivity contribution < 1.29 is 14.1 Å². The zero-order chi connectivity index (χ0) is 19.5. The first-order chi connectivity index (χ1) is 13.6. The topological polar surface area (TPSA) is 68.5 Å². The number of ether oxygens (including phenoxy) is 1. The fourth-order valence-corrected chi connectivity index (χ4v) is 3.37. The first-order valence-corrected chi connectivity index (χ1v) is 9.60. The summed E-state index contributed by atoms with van der Waals surface area (Å²) in [7, 11) is 0. The minimum absolute atomic E-state index is 0.170. The average Bonchev–Trinajstić information content (AvgIpc) is 3.23. The molecule has 7 heteroatoms. The lowest BCUT2D eigenvalue weighted by molar-refractivity contribution is -0.0258. The number of morpholine rings is 1. The molecule has 1 atom stereocenters. The molecule has 28 heavy (non-hydrogen) atoms.